The van der Waals surface area contributed by atoms with Crippen molar-refractivity contribution in [1.82, 2.24) is 9.88 Å². The Bertz CT molecular complexity index is 851. The van der Waals surface area contributed by atoms with E-state index < -0.39 is 6.10 Å². The van der Waals surface area contributed by atoms with Crippen LogP contribution >= 0.6 is 0 Å². The van der Waals surface area contributed by atoms with E-state index in [1.54, 1.807) is 0 Å². The molecule has 0 radical (unpaired) electrons. The Morgan fingerprint density at radius 3 is 2.93 bits per heavy atom. The van der Waals surface area contributed by atoms with Gasteiger partial charge in [0.1, 0.15) is 0 Å². The van der Waals surface area contributed by atoms with Crippen LogP contribution in [0, 0.1) is 17.8 Å². The quantitative estimate of drug-likeness (QED) is 0.654. The van der Waals surface area contributed by atoms with Crippen molar-refractivity contribution in [3.63, 3.8) is 0 Å². The Morgan fingerprint density at radius 1 is 1.30 bits per heavy atom. The Morgan fingerprint density at radius 2 is 2.11 bits per heavy atom. The van der Waals surface area contributed by atoms with Gasteiger partial charge in [0, 0.05) is 29.7 Å². The number of carbonyl (C=O) groups excluding carboxylic acids is 1. The van der Waals surface area contributed by atoms with Crippen LogP contribution in [-0.4, -0.2) is 47.3 Å². The number of esters is 1. The number of methoxy groups -OCH3 is 1. The number of aromatic amines is 1. The summed E-state index contributed by atoms with van der Waals surface area (Å²) in [5.41, 5.74) is 3.96. The van der Waals surface area contributed by atoms with Gasteiger partial charge in [-0.25, -0.2) is 0 Å². The van der Waals surface area contributed by atoms with Crippen LogP contribution < -0.4 is 12.4 Å². The van der Waals surface area contributed by atoms with Crippen molar-refractivity contribution in [3.8, 4) is 0 Å². The van der Waals surface area contributed by atoms with Gasteiger partial charge in [0.05, 0.1) is 25.2 Å². The maximum absolute atomic E-state index is 12.4. The first-order valence-electron chi connectivity index (χ1n) is 9.76. The first kappa shape index (κ1) is 18.8. The molecule has 1 aromatic heterocycles. The highest BCUT2D eigenvalue weighted by atomic mass is 35.5. The molecule has 3 aliphatic rings. The average molecular weight is 390 g/mol. The number of nitrogens with one attached hydrogen (secondary N) is 1. The van der Waals surface area contributed by atoms with E-state index in [2.05, 4.69) is 34.1 Å². The molecule has 1 aliphatic carbocycles. The fraction of sp³-hybridized carbons (Fsp3) is 0.571. The van der Waals surface area contributed by atoms with E-state index in [0.717, 1.165) is 32.4 Å². The summed E-state index contributed by atoms with van der Waals surface area (Å²) < 4.78 is 5.04. The lowest BCUT2D eigenvalue weighted by Crippen LogP contribution is -3.00. The van der Waals surface area contributed by atoms with Crippen LogP contribution in [0.3, 0.4) is 0 Å². The number of carbonyl (C=O) groups is 1. The number of hydrogen-bond donors (Lipinski definition) is 2. The molecule has 5 atom stereocenters. The van der Waals surface area contributed by atoms with Crippen LogP contribution in [0.2, 0.25) is 0 Å². The lowest BCUT2D eigenvalue weighted by atomic mass is 9.65. The maximum Gasteiger partial charge on any atom is 0.311 e. The Balaban J connectivity index is 0.00000180. The number of hydrogen-bond acceptors (Lipinski definition) is 4. The monoisotopic (exact) mass is 389 g/mol. The number of aliphatic hydroxyl groups is 1. The SMILES string of the molecule is COC(=O)[C@H]1C2C[C@H]3c4[nH]c5ccccc5c4CCN3C[C@H]2CC[C@@H]1O.[Cl-]. The third kappa shape index (κ3) is 2.87. The van der Waals surface area contributed by atoms with E-state index in [4.69, 9.17) is 4.74 Å². The third-order valence-corrected chi connectivity index (χ3v) is 7.02. The summed E-state index contributed by atoms with van der Waals surface area (Å²) in [6, 6.07) is 8.83. The van der Waals surface area contributed by atoms with Crippen LogP contribution in [0.1, 0.15) is 36.6 Å². The summed E-state index contributed by atoms with van der Waals surface area (Å²) in [4.78, 5) is 18.6. The molecular formula is C21H26ClN2O3-. The maximum atomic E-state index is 12.4. The zero-order valence-electron chi connectivity index (χ0n) is 15.5. The van der Waals surface area contributed by atoms with Crippen molar-refractivity contribution in [3.05, 3.63) is 35.5 Å². The Labute approximate surface area is 165 Å². The molecule has 2 aliphatic heterocycles. The number of piperidine rings is 1. The van der Waals surface area contributed by atoms with E-state index in [1.165, 1.54) is 29.3 Å². The number of aliphatic hydroxyl groups excluding tert-OH is 1. The van der Waals surface area contributed by atoms with Crippen LogP contribution in [0.4, 0.5) is 0 Å². The molecule has 1 unspecified atom stereocenters. The molecule has 146 valence electrons. The zero-order chi connectivity index (χ0) is 17.8. The molecule has 1 saturated heterocycles. The predicted molar refractivity (Wildman–Crippen MR) is 98.7 cm³/mol. The second-order valence-corrected chi connectivity index (χ2v) is 8.18. The molecule has 1 aromatic carbocycles. The summed E-state index contributed by atoms with van der Waals surface area (Å²) in [6.45, 7) is 2.10. The van der Waals surface area contributed by atoms with Crippen LogP contribution in [-0.2, 0) is 16.0 Å². The van der Waals surface area contributed by atoms with Crippen molar-refractivity contribution in [2.45, 2.75) is 37.8 Å². The minimum absolute atomic E-state index is 0. The number of halogens is 1. The largest absolute Gasteiger partial charge is 1.00 e. The molecule has 0 spiro atoms. The van der Waals surface area contributed by atoms with E-state index in [-0.39, 0.29) is 30.2 Å². The number of para-hydroxylation sites is 1. The molecule has 1 saturated carbocycles. The van der Waals surface area contributed by atoms with Crippen molar-refractivity contribution in [2.75, 3.05) is 20.2 Å². The third-order valence-electron chi connectivity index (χ3n) is 7.02. The van der Waals surface area contributed by atoms with Crippen molar-refractivity contribution >= 4 is 16.9 Å². The van der Waals surface area contributed by atoms with Gasteiger partial charge < -0.3 is 27.2 Å². The van der Waals surface area contributed by atoms with Gasteiger partial charge in [-0.05, 0) is 49.1 Å². The number of rotatable bonds is 1. The molecule has 6 heteroatoms. The number of H-pyrrole nitrogens is 1. The van der Waals surface area contributed by atoms with E-state index in [1.807, 2.05) is 0 Å². The molecule has 5 nitrogen and oxygen atoms in total. The second-order valence-electron chi connectivity index (χ2n) is 8.18. The van der Waals surface area contributed by atoms with Crippen LogP contribution in [0.25, 0.3) is 10.9 Å². The summed E-state index contributed by atoms with van der Waals surface area (Å²) in [5, 5.41) is 11.8. The molecule has 2 fully saturated rings. The normalized spacial score (nSPS) is 32.7. The Hall–Kier alpha value is -1.56. The number of benzene rings is 1. The van der Waals surface area contributed by atoms with Crippen LogP contribution in [0.15, 0.2) is 24.3 Å². The van der Waals surface area contributed by atoms with E-state index in [9.17, 15) is 9.90 Å². The van der Waals surface area contributed by atoms with Crippen LogP contribution in [0.5, 0.6) is 0 Å². The number of ether oxygens (including phenoxy) is 1. The van der Waals surface area contributed by atoms with Gasteiger partial charge in [0.15, 0.2) is 0 Å². The minimum atomic E-state index is -0.568. The van der Waals surface area contributed by atoms with Crippen molar-refractivity contribution < 1.29 is 27.0 Å². The lowest BCUT2D eigenvalue weighted by Gasteiger charge is -2.50. The summed E-state index contributed by atoms with van der Waals surface area (Å²) >= 11 is 0. The van der Waals surface area contributed by atoms with Gasteiger partial charge in [-0.15, -0.1) is 0 Å². The molecule has 2 N–H and O–H groups in total. The molecule has 3 heterocycles. The fourth-order valence-corrected chi connectivity index (χ4v) is 5.80. The molecule has 0 amide bonds. The molecule has 5 rings (SSSR count). The zero-order valence-corrected chi connectivity index (χ0v) is 16.3. The van der Waals surface area contributed by atoms with E-state index >= 15 is 0 Å². The number of fused-ring (bicyclic) bond motifs is 6. The first-order chi connectivity index (χ1) is 12.7. The summed E-state index contributed by atoms with van der Waals surface area (Å²) in [6.07, 6.45) is 3.14. The summed E-state index contributed by atoms with van der Waals surface area (Å²) in [5.74, 6) is 0.0541. The minimum Gasteiger partial charge on any atom is -1.00 e. The van der Waals surface area contributed by atoms with Gasteiger partial charge in [-0.3, -0.25) is 9.69 Å². The number of nitrogens with zero attached hydrogens (tertiary/aromatic N) is 1. The fourth-order valence-electron chi connectivity index (χ4n) is 5.80. The van der Waals surface area contributed by atoms with Gasteiger partial charge in [-0.2, -0.15) is 0 Å². The molecule has 27 heavy (non-hydrogen) atoms. The summed E-state index contributed by atoms with van der Waals surface area (Å²) in [7, 11) is 1.43. The Kier molecular flexibility index (Phi) is 4.95. The molecule has 2 aromatic rings. The average Bonchev–Trinajstić information content (AvgIpc) is 3.05. The van der Waals surface area contributed by atoms with Gasteiger partial charge >= 0.3 is 5.97 Å². The topological polar surface area (TPSA) is 65.6 Å². The highest BCUT2D eigenvalue weighted by Gasteiger charge is 2.49. The highest BCUT2D eigenvalue weighted by molar-refractivity contribution is 5.85. The van der Waals surface area contributed by atoms with Gasteiger partial charge in [-0.1, -0.05) is 18.2 Å². The van der Waals surface area contributed by atoms with Crippen molar-refractivity contribution in [2.24, 2.45) is 17.8 Å². The highest BCUT2D eigenvalue weighted by Crippen LogP contribution is 2.49. The molecular weight excluding hydrogens is 364 g/mol. The second kappa shape index (κ2) is 7.12. The lowest BCUT2D eigenvalue weighted by molar-refractivity contribution is -0.160. The smallest absolute Gasteiger partial charge is 0.311 e. The predicted octanol–water partition coefficient (Wildman–Crippen LogP) is -0.349. The van der Waals surface area contributed by atoms with Gasteiger partial charge in [0.25, 0.3) is 0 Å². The standard InChI is InChI=1S/C21H26N2O3.ClH/c1-26-21(25)19-15-10-17-20-14(13-4-2-3-5-16(13)22-20)8-9-23(17)11-12(15)6-7-18(19)24;/h2-5,12,15,17-19,22,24H,6-11H2,1H3;1H/p-1/t12-,15?,17+,18+,19+;/m1./s1. The first-order valence-corrected chi connectivity index (χ1v) is 9.76. The van der Waals surface area contributed by atoms with E-state index in [0.29, 0.717) is 18.4 Å². The molecule has 0 bridgehead atoms. The number of aromatic nitrogens is 1. The van der Waals surface area contributed by atoms with Crippen molar-refractivity contribution in [1.29, 1.82) is 0 Å². The van der Waals surface area contributed by atoms with Gasteiger partial charge in [0.2, 0.25) is 0 Å².